The zero-order valence-corrected chi connectivity index (χ0v) is 11.9. The van der Waals surface area contributed by atoms with Crippen molar-refractivity contribution in [3.05, 3.63) is 16.3 Å². The molecule has 7 heteroatoms. The lowest BCUT2D eigenvalue weighted by molar-refractivity contribution is -0.384. The van der Waals surface area contributed by atoms with Gasteiger partial charge in [0.05, 0.1) is 4.92 Å². The van der Waals surface area contributed by atoms with E-state index < -0.39 is 4.92 Å². The van der Waals surface area contributed by atoms with E-state index in [-0.39, 0.29) is 11.7 Å². The number of nitrogens with zero attached hydrogens (tertiary/aromatic N) is 4. The first-order valence-corrected chi connectivity index (χ1v) is 6.49. The molecule has 1 rings (SSSR count). The largest absolute Gasteiger partial charge is 0.354 e. The lowest BCUT2D eigenvalue weighted by atomic mass is 10.2. The van der Waals surface area contributed by atoms with Crippen molar-refractivity contribution in [2.75, 3.05) is 23.8 Å². The molecule has 0 radical (unpaired) electrons. The van der Waals surface area contributed by atoms with Crippen molar-refractivity contribution < 1.29 is 4.92 Å². The molecule has 0 saturated heterocycles. The number of nitrogens with one attached hydrogen (secondary N) is 1. The van der Waals surface area contributed by atoms with E-state index >= 15 is 0 Å². The molecule has 0 aliphatic carbocycles. The molecule has 1 unspecified atom stereocenters. The highest BCUT2D eigenvalue weighted by Gasteiger charge is 2.23. The van der Waals surface area contributed by atoms with E-state index in [0.29, 0.717) is 18.3 Å². The molecule has 19 heavy (non-hydrogen) atoms. The van der Waals surface area contributed by atoms with Crippen molar-refractivity contribution in [2.24, 2.45) is 0 Å². The molecule has 1 N–H and O–H groups in total. The maximum Gasteiger partial charge on any atom is 0.329 e. The Morgan fingerprint density at radius 3 is 2.74 bits per heavy atom. The van der Waals surface area contributed by atoms with Gasteiger partial charge in [-0.05, 0) is 20.3 Å². The molecule has 1 atom stereocenters. The fourth-order valence-corrected chi connectivity index (χ4v) is 1.82. The molecule has 0 spiro atoms. The van der Waals surface area contributed by atoms with Crippen LogP contribution in [-0.4, -0.2) is 34.5 Å². The van der Waals surface area contributed by atoms with Gasteiger partial charge >= 0.3 is 5.69 Å². The van der Waals surface area contributed by atoms with Gasteiger partial charge in [0, 0.05) is 19.6 Å². The van der Waals surface area contributed by atoms with E-state index in [4.69, 9.17) is 0 Å². The van der Waals surface area contributed by atoms with Gasteiger partial charge in [0.25, 0.3) is 0 Å². The van der Waals surface area contributed by atoms with E-state index in [2.05, 4.69) is 22.2 Å². The number of nitro groups is 1. The zero-order valence-electron chi connectivity index (χ0n) is 11.9. The number of rotatable bonds is 7. The number of anilines is 2. The van der Waals surface area contributed by atoms with Crippen molar-refractivity contribution in [3.63, 3.8) is 0 Å². The van der Waals surface area contributed by atoms with Gasteiger partial charge in [-0.3, -0.25) is 10.1 Å². The molecule has 0 bridgehead atoms. The van der Waals surface area contributed by atoms with E-state index in [1.54, 1.807) is 0 Å². The Kier molecular flexibility index (Phi) is 5.47. The minimum absolute atomic E-state index is 0.0629. The average molecular weight is 267 g/mol. The maximum atomic E-state index is 11.1. The third-order valence-corrected chi connectivity index (χ3v) is 2.98. The van der Waals surface area contributed by atoms with Crippen molar-refractivity contribution in [2.45, 2.75) is 39.7 Å². The summed E-state index contributed by atoms with van der Waals surface area (Å²) in [6, 6.07) is 0.188. The molecule has 1 aromatic rings. The molecule has 0 amide bonds. The molecule has 0 saturated carbocycles. The lowest BCUT2D eigenvalue weighted by Crippen LogP contribution is -2.30. The summed E-state index contributed by atoms with van der Waals surface area (Å²) in [7, 11) is 1.82. The summed E-state index contributed by atoms with van der Waals surface area (Å²) in [5.41, 5.74) is -0.0629. The quantitative estimate of drug-likeness (QED) is 0.603. The van der Waals surface area contributed by atoms with Crippen LogP contribution in [0, 0.1) is 10.1 Å². The van der Waals surface area contributed by atoms with Gasteiger partial charge < -0.3 is 10.2 Å². The second-order valence-corrected chi connectivity index (χ2v) is 4.44. The molecule has 1 heterocycles. The third-order valence-electron chi connectivity index (χ3n) is 2.98. The molecule has 0 aliphatic heterocycles. The molecule has 1 aromatic heterocycles. The van der Waals surface area contributed by atoms with Crippen LogP contribution in [0.15, 0.2) is 6.20 Å². The van der Waals surface area contributed by atoms with Crippen LogP contribution in [-0.2, 0) is 0 Å². The third kappa shape index (κ3) is 3.77. The Morgan fingerprint density at radius 1 is 1.53 bits per heavy atom. The van der Waals surface area contributed by atoms with E-state index in [1.807, 2.05) is 25.8 Å². The molecule has 7 nitrogen and oxygen atoms in total. The van der Waals surface area contributed by atoms with E-state index in [0.717, 1.165) is 12.8 Å². The van der Waals surface area contributed by atoms with Gasteiger partial charge in [0.2, 0.25) is 11.8 Å². The monoisotopic (exact) mass is 267 g/mol. The van der Waals surface area contributed by atoms with Crippen molar-refractivity contribution in [1.82, 2.24) is 9.97 Å². The van der Waals surface area contributed by atoms with Crippen LogP contribution in [0.5, 0.6) is 0 Å². The highest BCUT2D eigenvalue weighted by atomic mass is 16.6. The van der Waals surface area contributed by atoms with Crippen LogP contribution in [0.2, 0.25) is 0 Å². The topological polar surface area (TPSA) is 84.2 Å². The fraction of sp³-hybridized carbons (Fsp3) is 0.667. The standard InChI is InChI=1S/C12H21N5O2/c1-5-7-9(3)16(4)11-10(17(18)19)8-14-12(15-11)13-6-2/h8-9H,5-7H2,1-4H3,(H,13,14,15). The van der Waals surface area contributed by atoms with E-state index in [9.17, 15) is 10.1 Å². The number of aromatic nitrogens is 2. The van der Waals surface area contributed by atoms with Crippen molar-refractivity contribution in [3.8, 4) is 0 Å². The summed E-state index contributed by atoms with van der Waals surface area (Å²) < 4.78 is 0. The van der Waals surface area contributed by atoms with Crippen molar-refractivity contribution in [1.29, 1.82) is 0 Å². The first-order chi connectivity index (χ1) is 9.01. The van der Waals surface area contributed by atoms with Crippen LogP contribution in [0.3, 0.4) is 0 Å². The molecule has 0 fully saturated rings. The van der Waals surface area contributed by atoms with Gasteiger partial charge in [-0.1, -0.05) is 13.3 Å². The number of hydrogen-bond acceptors (Lipinski definition) is 6. The summed E-state index contributed by atoms with van der Waals surface area (Å²) in [4.78, 5) is 20.6. The fourth-order valence-electron chi connectivity index (χ4n) is 1.82. The predicted octanol–water partition coefficient (Wildman–Crippen LogP) is 2.44. The lowest BCUT2D eigenvalue weighted by Gasteiger charge is -2.25. The Hall–Kier alpha value is -1.92. The summed E-state index contributed by atoms with van der Waals surface area (Å²) >= 11 is 0. The normalized spacial score (nSPS) is 12.0. The Bertz CT molecular complexity index is 438. The summed E-state index contributed by atoms with van der Waals surface area (Å²) in [6.07, 6.45) is 3.23. The second-order valence-electron chi connectivity index (χ2n) is 4.44. The Morgan fingerprint density at radius 2 is 2.21 bits per heavy atom. The van der Waals surface area contributed by atoms with Gasteiger partial charge in [-0.15, -0.1) is 0 Å². The molecule has 106 valence electrons. The zero-order chi connectivity index (χ0) is 14.4. The van der Waals surface area contributed by atoms with Crippen LogP contribution < -0.4 is 10.2 Å². The van der Waals surface area contributed by atoms with Crippen molar-refractivity contribution >= 4 is 17.5 Å². The average Bonchev–Trinajstić information content (AvgIpc) is 2.38. The highest BCUT2D eigenvalue weighted by molar-refractivity contribution is 5.58. The van der Waals surface area contributed by atoms with Gasteiger partial charge in [-0.25, -0.2) is 4.98 Å². The minimum atomic E-state index is -0.444. The second kappa shape index (κ2) is 6.86. The Labute approximate surface area is 113 Å². The molecule has 0 aromatic carbocycles. The van der Waals surface area contributed by atoms with E-state index in [1.165, 1.54) is 6.20 Å². The summed E-state index contributed by atoms with van der Waals surface area (Å²) in [6.45, 7) is 6.71. The van der Waals surface area contributed by atoms with Gasteiger partial charge in [-0.2, -0.15) is 4.98 Å². The first-order valence-electron chi connectivity index (χ1n) is 6.49. The van der Waals surface area contributed by atoms with Crippen LogP contribution in [0.4, 0.5) is 17.5 Å². The SMILES string of the molecule is CCCC(C)N(C)c1nc(NCC)ncc1[N+](=O)[O-]. The van der Waals surface area contributed by atoms with Gasteiger partial charge in [0.15, 0.2) is 0 Å². The van der Waals surface area contributed by atoms with Crippen LogP contribution in [0.1, 0.15) is 33.6 Å². The predicted molar refractivity (Wildman–Crippen MR) is 75.6 cm³/mol. The molecule has 0 aliphatic rings. The Balaban J connectivity index is 3.12. The highest BCUT2D eigenvalue weighted by Crippen LogP contribution is 2.27. The van der Waals surface area contributed by atoms with Gasteiger partial charge in [0.1, 0.15) is 6.20 Å². The molecular weight excluding hydrogens is 246 g/mol. The maximum absolute atomic E-state index is 11.1. The molecular formula is C12H21N5O2. The van der Waals surface area contributed by atoms with Crippen LogP contribution >= 0.6 is 0 Å². The summed E-state index contributed by atoms with van der Waals surface area (Å²) in [5, 5.41) is 14.0. The summed E-state index contributed by atoms with van der Waals surface area (Å²) in [5.74, 6) is 0.774. The first kappa shape index (κ1) is 15.1. The minimum Gasteiger partial charge on any atom is -0.354 e. The number of hydrogen-bond donors (Lipinski definition) is 1. The smallest absolute Gasteiger partial charge is 0.329 e. The van der Waals surface area contributed by atoms with Crippen LogP contribution in [0.25, 0.3) is 0 Å².